The molecular formula is C44H50NO9+. The normalized spacial score (nSPS) is 20.7. The molecule has 4 aromatic carbocycles. The Balaban J connectivity index is 1.47. The van der Waals surface area contributed by atoms with Crippen LogP contribution in [0.4, 0.5) is 4.79 Å². The van der Waals surface area contributed by atoms with Gasteiger partial charge in [0, 0.05) is 11.5 Å². The predicted molar refractivity (Wildman–Crippen MR) is 204 cm³/mol. The van der Waals surface area contributed by atoms with E-state index >= 15 is 4.79 Å². The average Bonchev–Trinajstić information content (AvgIpc) is 3.48. The maximum atomic E-state index is 15.2. The van der Waals surface area contributed by atoms with Gasteiger partial charge in [0.25, 0.3) is 0 Å². The number of rotatable bonds is 12. The van der Waals surface area contributed by atoms with E-state index in [0.29, 0.717) is 41.9 Å². The van der Waals surface area contributed by atoms with E-state index < -0.39 is 39.6 Å². The van der Waals surface area contributed by atoms with Gasteiger partial charge < -0.3 is 28.8 Å². The number of nitrogens with zero attached hydrogens (tertiary/aromatic N) is 1. The van der Waals surface area contributed by atoms with Crippen molar-refractivity contribution in [1.82, 2.24) is 0 Å². The molecule has 1 aliphatic carbocycles. The van der Waals surface area contributed by atoms with Crippen LogP contribution in [0.15, 0.2) is 91.0 Å². The quantitative estimate of drug-likeness (QED) is 0.113. The highest BCUT2D eigenvalue weighted by atomic mass is 16.6. The Hall–Kier alpha value is -5.35. The van der Waals surface area contributed by atoms with E-state index in [0.717, 1.165) is 22.3 Å². The maximum absolute atomic E-state index is 15.2. The zero-order valence-corrected chi connectivity index (χ0v) is 31.9. The molecule has 0 bridgehead atoms. The molecule has 10 nitrogen and oxygen atoms in total. The molecule has 10 heteroatoms. The highest BCUT2D eigenvalue weighted by Gasteiger charge is 2.69. The Kier molecular flexibility index (Phi) is 11.1. The van der Waals surface area contributed by atoms with Crippen molar-refractivity contribution in [3.05, 3.63) is 113 Å². The van der Waals surface area contributed by atoms with Crippen LogP contribution in [0.5, 0.6) is 17.2 Å². The standard InChI is InChI=1S/C44H49NO9/c1-7-23-45(42(49)53-27-36-34-18-10-8-16-32(34)33-17-9-11-19-35(33)36)24-13-20-37(29-21-22-38(50-5)39(25-29)51-6)44(45,41(47)48)30-14-12-15-31(26-30)52-28-40(46)54-43(2,3)4/h8-12,14-19,21-22,25-26,36-37H,7,13,20,23-24,27-28H2,1-6H3/p+1/t37?,44-,45-/m1/s1. The fourth-order valence-electron chi connectivity index (χ4n) is 8.68. The Morgan fingerprint density at radius 1 is 0.852 bits per heavy atom. The molecule has 1 N–H and O–H groups in total. The lowest BCUT2D eigenvalue weighted by atomic mass is 9.66. The number of amides is 1. The molecular weight excluding hydrogens is 686 g/mol. The van der Waals surface area contributed by atoms with Gasteiger partial charge in [-0.15, -0.1) is 0 Å². The van der Waals surface area contributed by atoms with Gasteiger partial charge in [0.15, 0.2) is 18.1 Å². The number of carboxylic acid groups (broad SMARTS) is 1. The van der Waals surface area contributed by atoms with Gasteiger partial charge in [0.05, 0.1) is 33.2 Å². The molecule has 3 atom stereocenters. The third kappa shape index (κ3) is 6.91. The molecule has 1 unspecified atom stereocenters. The van der Waals surface area contributed by atoms with Crippen LogP contribution in [0.25, 0.3) is 11.1 Å². The zero-order valence-electron chi connectivity index (χ0n) is 31.9. The summed E-state index contributed by atoms with van der Waals surface area (Å²) in [6.07, 6.45) is 0.927. The number of hydrogen-bond acceptors (Lipinski definition) is 8. The molecule has 4 aromatic rings. The smallest absolute Gasteiger partial charge is 0.493 e. The minimum Gasteiger partial charge on any atom is -0.493 e. The molecule has 284 valence electrons. The van der Waals surface area contributed by atoms with E-state index in [-0.39, 0.29) is 38.0 Å². The molecule has 1 heterocycles. The molecule has 54 heavy (non-hydrogen) atoms. The first-order chi connectivity index (χ1) is 25.9. The fourth-order valence-corrected chi connectivity index (χ4v) is 8.68. The topological polar surface area (TPSA) is 118 Å². The van der Waals surface area contributed by atoms with E-state index in [2.05, 4.69) is 24.3 Å². The van der Waals surface area contributed by atoms with Gasteiger partial charge in [-0.25, -0.2) is 14.1 Å². The lowest BCUT2D eigenvalue weighted by Crippen LogP contribution is -2.73. The summed E-state index contributed by atoms with van der Waals surface area (Å²) >= 11 is 0. The van der Waals surface area contributed by atoms with E-state index in [1.807, 2.05) is 37.3 Å². The highest BCUT2D eigenvalue weighted by molar-refractivity contribution is 5.84. The minimum absolute atomic E-state index is 0.0480. The van der Waals surface area contributed by atoms with E-state index in [1.165, 1.54) is 7.11 Å². The molecule has 1 fully saturated rings. The number of aliphatic carboxylic acids is 1. The number of piperidine rings is 1. The zero-order chi connectivity index (χ0) is 38.7. The van der Waals surface area contributed by atoms with Crippen LogP contribution in [0.2, 0.25) is 0 Å². The monoisotopic (exact) mass is 736 g/mol. The second-order valence-corrected chi connectivity index (χ2v) is 15.0. The number of quaternary nitrogens is 1. The number of carboxylic acids is 1. The van der Waals surface area contributed by atoms with E-state index in [4.69, 9.17) is 23.7 Å². The Labute approximate surface area is 317 Å². The molecule has 1 amide bonds. The highest BCUT2D eigenvalue weighted by Crippen LogP contribution is 2.55. The van der Waals surface area contributed by atoms with Crippen LogP contribution in [-0.4, -0.2) is 73.7 Å². The number of carbonyl (C=O) groups excluding carboxylic acids is 2. The molecule has 1 aliphatic heterocycles. The summed E-state index contributed by atoms with van der Waals surface area (Å²) in [5.41, 5.74) is 2.79. The molecule has 6 rings (SSSR count). The lowest BCUT2D eigenvalue weighted by molar-refractivity contribution is -0.915. The first-order valence-corrected chi connectivity index (χ1v) is 18.5. The number of ether oxygens (including phenoxy) is 5. The number of carbonyl (C=O) groups is 3. The van der Waals surface area contributed by atoms with Crippen molar-refractivity contribution in [2.24, 2.45) is 0 Å². The molecule has 2 aliphatic rings. The third-order valence-corrected chi connectivity index (χ3v) is 10.7. The third-order valence-electron chi connectivity index (χ3n) is 10.7. The van der Waals surface area contributed by atoms with Crippen molar-refractivity contribution in [3.8, 4) is 28.4 Å². The summed E-state index contributed by atoms with van der Waals surface area (Å²) in [7, 11) is 3.08. The van der Waals surface area contributed by atoms with Crippen LogP contribution in [0.3, 0.4) is 0 Å². The van der Waals surface area contributed by atoms with Gasteiger partial charge in [-0.2, -0.15) is 4.79 Å². The minimum atomic E-state index is -1.87. The summed E-state index contributed by atoms with van der Waals surface area (Å²) in [6, 6.07) is 28.4. The second kappa shape index (κ2) is 15.6. The Morgan fingerprint density at radius 2 is 1.52 bits per heavy atom. The molecule has 0 radical (unpaired) electrons. The lowest BCUT2D eigenvalue weighted by Gasteiger charge is -2.54. The van der Waals surface area contributed by atoms with Gasteiger partial charge in [-0.3, -0.25) is 0 Å². The van der Waals surface area contributed by atoms with Crippen molar-refractivity contribution < 1.29 is 47.7 Å². The summed E-state index contributed by atoms with van der Waals surface area (Å²) in [6.45, 7) is 7.38. The Bertz CT molecular complexity index is 1970. The van der Waals surface area contributed by atoms with Gasteiger partial charge >= 0.3 is 18.0 Å². The number of likely N-dealkylation sites (tertiary alicyclic amines) is 1. The van der Waals surface area contributed by atoms with Crippen molar-refractivity contribution >= 4 is 18.0 Å². The summed E-state index contributed by atoms with van der Waals surface area (Å²) in [4.78, 5) is 42.3. The fraction of sp³-hybridized carbons (Fsp3) is 0.386. The summed E-state index contributed by atoms with van der Waals surface area (Å²) < 4.78 is 28.5. The average molecular weight is 737 g/mol. The molecule has 0 saturated carbocycles. The van der Waals surface area contributed by atoms with Gasteiger partial charge in [-0.05, 0) is 92.1 Å². The molecule has 1 saturated heterocycles. The maximum Gasteiger partial charge on any atom is 0.517 e. The van der Waals surface area contributed by atoms with Gasteiger partial charge in [0.2, 0.25) is 5.54 Å². The van der Waals surface area contributed by atoms with Crippen LogP contribution < -0.4 is 14.2 Å². The van der Waals surface area contributed by atoms with Crippen molar-refractivity contribution in [2.75, 3.05) is 40.5 Å². The van der Waals surface area contributed by atoms with Crippen LogP contribution in [0, 0.1) is 0 Å². The van der Waals surface area contributed by atoms with Crippen molar-refractivity contribution in [3.63, 3.8) is 0 Å². The first kappa shape index (κ1) is 38.4. The number of hydrogen-bond donors (Lipinski definition) is 1. The number of fused-ring (bicyclic) bond motifs is 3. The van der Waals surface area contributed by atoms with Crippen LogP contribution >= 0.6 is 0 Å². The largest absolute Gasteiger partial charge is 0.517 e. The number of esters is 1. The number of benzene rings is 4. The molecule has 0 aromatic heterocycles. The SMILES string of the molecule is CCC[N@+]1(C(=O)OCC2c3ccccc3-c3ccccc32)CCCC(c2ccc(OC)c(OC)c2)[C@@]1(C(=O)O)c1cccc(OCC(=O)OC(C)(C)C)c1. The van der Waals surface area contributed by atoms with E-state index in [1.54, 1.807) is 64.3 Å². The van der Waals surface area contributed by atoms with Crippen LogP contribution in [-0.2, 0) is 24.6 Å². The summed E-state index contributed by atoms with van der Waals surface area (Å²) in [5.74, 6) is -1.43. The van der Waals surface area contributed by atoms with E-state index in [9.17, 15) is 14.7 Å². The summed E-state index contributed by atoms with van der Waals surface area (Å²) in [5, 5.41) is 11.8. The second-order valence-electron chi connectivity index (χ2n) is 15.0. The molecule has 0 spiro atoms. The van der Waals surface area contributed by atoms with Gasteiger partial charge in [0.1, 0.15) is 18.0 Å². The predicted octanol–water partition coefficient (Wildman–Crippen LogP) is 8.46. The Morgan fingerprint density at radius 3 is 2.13 bits per heavy atom. The van der Waals surface area contributed by atoms with Crippen molar-refractivity contribution in [1.29, 1.82) is 0 Å². The van der Waals surface area contributed by atoms with Crippen LogP contribution in [0.1, 0.15) is 81.0 Å². The van der Waals surface area contributed by atoms with Crippen molar-refractivity contribution in [2.45, 2.75) is 69.9 Å². The first-order valence-electron chi connectivity index (χ1n) is 18.5. The van der Waals surface area contributed by atoms with Gasteiger partial charge in [-0.1, -0.05) is 73.7 Å². The number of methoxy groups -OCH3 is 2.